The molecule has 6 aromatic rings. The van der Waals surface area contributed by atoms with E-state index in [9.17, 15) is 0 Å². The Kier molecular flexibility index (Phi) is 10.4. The number of hydrogen-bond donors (Lipinski definition) is 0. The second-order valence-electron chi connectivity index (χ2n) is 25.8. The number of hydrogen-bond acceptors (Lipinski definition) is 3. The molecular weight excluding hydrogens is 828 g/mol. The number of allylic oxidation sites excluding steroid dienone is 5. The first-order valence-electron chi connectivity index (χ1n) is 25.1. The monoisotopic (exact) mass is 901 g/mol. The normalized spacial score (nSPS) is 17.6. The molecule has 4 heteroatoms. The molecule has 5 aromatic carbocycles. The summed E-state index contributed by atoms with van der Waals surface area (Å²) < 4.78 is 1.39. The van der Waals surface area contributed by atoms with E-state index in [0.29, 0.717) is 0 Å². The highest BCUT2D eigenvalue weighted by Crippen LogP contribution is 2.53. The van der Waals surface area contributed by atoms with Crippen LogP contribution in [0.3, 0.4) is 0 Å². The van der Waals surface area contributed by atoms with Crippen LogP contribution in [0.4, 0.5) is 27.8 Å². The maximum absolute atomic E-state index is 2.69. The highest BCUT2D eigenvalue weighted by Gasteiger charge is 2.47. The number of rotatable bonds is 3. The summed E-state index contributed by atoms with van der Waals surface area (Å²) in [6.07, 6.45) is 13.0. The van der Waals surface area contributed by atoms with Gasteiger partial charge in [0.25, 0.3) is 6.71 Å². The van der Waals surface area contributed by atoms with Gasteiger partial charge in [-0.1, -0.05) is 177 Å². The molecule has 0 amide bonds. The molecule has 10 rings (SSSR count). The zero-order valence-corrected chi connectivity index (χ0v) is 44.3. The third-order valence-electron chi connectivity index (χ3n) is 15.9. The van der Waals surface area contributed by atoms with Gasteiger partial charge in [0.05, 0.1) is 5.00 Å². The van der Waals surface area contributed by atoms with Crippen LogP contribution in [0.5, 0.6) is 0 Å². The molecule has 2 aliphatic heterocycles. The van der Waals surface area contributed by atoms with Crippen LogP contribution in [0.2, 0.25) is 0 Å². The molecule has 0 saturated heterocycles. The number of thiophene rings is 1. The Labute approximate surface area is 408 Å². The maximum Gasteiger partial charge on any atom is 0.254 e. The second kappa shape index (κ2) is 15.2. The first-order valence-corrected chi connectivity index (χ1v) is 25.9. The summed E-state index contributed by atoms with van der Waals surface area (Å²) in [5.41, 5.74) is 21.8. The predicted octanol–water partition coefficient (Wildman–Crippen LogP) is 16.4. The van der Waals surface area contributed by atoms with Crippen molar-refractivity contribution in [1.29, 1.82) is 0 Å². The van der Waals surface area contributed by atoms with Gasteiger partial charge in [-0.2, -0.15) is 0 Å². The van der Waals surface area contributed by atoms with E-state index >= 15 is 0 Å². The smallest absolute Gasteiger partial charge is 0.254 e. The summed E-state index contributed by atoms with van der Waals surface area (Å²) in [5.74, 6) is 0. The molecule has 0 radical (unpaired) electrons. The topological polar surface area (TPSA) is 6.48 Å². The number of anilines is 5. The minimum atomic E-state index is -0.0512. The van der Waals surface area contributed by atoms with Crippen LogP contribution in [0.25, 0.3) is 21.2 Å². The van der Waals surface area contributed by atoms with Crippen molar-refractivity contribution < 1.29 is 0 Å². The minimum absolute atomic E-state index is 0.0214. The van der Waals surface area contributed by atoms with Crippen LogP contribution >= 0.6 is 11.3 Å². The molecule has 2 nitrogen and oxygen atoms in total. The van der Waals surface area contributed by atoms with Crippen LogP contribution in [-0.2, 0) is 27.1 Å². The standard InChI is InChI=1S/C63H73BN2S/c1-58(2,3)40-20-19-21-43(28-24-40)66-53-35-39(45-22-17-18-23-47(45)61(10,11)12)34-52-56(53)64(55-46-37-48-49(38-54(46)67-57(55)66)63(15,16)33-32-62(48,13)14)50-36-42(60(7,8)9)27-31-51(50)65(52)44-29-25-41(26-30-44)59(4,5)6/h17-19,21-31,34-38H,20,32-33H2,1-16H3. The van der Waals surface area contributed by atoms with E-state index < -0.39 is 0 Å². The Morgan fingerprint density at radius 1 is 0.567 bits per heavy atom. The van der Waals surface area contributed by atoms with Crippen molar-refractivity contribution in [3.63, 3.8) is 0 Å². The molecule has 2 aliphatic carbocycles. The van der Waals surface area contributed by atoms with Crippen LogP contribution in [0, 0.1) is 5.41 Å². The van der Waals surface area contributed by atoms with Crippen molar-refractivity contribution in [3.05, 3.63) is 154 Å². The van der Waals surface area contributed by atoms with Crippen molar-refractivity contribution in [3.8, 4) is 11.1 Å². The quantitative estimate of drug-likeness (QED) is 0.163. The molecule has 67 heavy (non-hydrogen) atoms. The van der Waals surface area contributed by atoms with Crippen molar-refractivity contribution >= 4 is 72.3 Å². The Hall–Kier alpha value is -5.06. The maximum atomic E-state index is 2.69. The van der Waals surface area contributed by atoms with Gasteiger partial charge in [0.1, 0.15) is 0 Å². The molecule has 3 heterocycles. The van der Waals surface area contributed by atoms with Crippen molar-refractivity contribution in [2.45, 2.75) is 157 Å². The Balaban J connectivity index is 1.38. The Morgan fingerprint density at radius 3 is 1.81 bits per heavy atom. The van der Waals surface area contributed by atoms with Gasteiger partial charge in [-0.25, -0.2) is 0 Å². The number of fused-ring (bicyclic) bond motifs is 7. The van der Waals surface area contributed by atoms with E-state index in [1.165, 1.54) is 117 Å². The first kappa shape index (κ1) is 45.7. The third kappa shape index (κ3) is 7.60. The summed E-state index contributed by atoms with van der Waals surface area (Å²) in [6, 6.07) is 36.5. The average Bonchev–Trinajstić information content (AvgIpc) is 3.42. The predicted molar refractivity (Wildman–Crippen MR) is 296 cm³/mol. The molecule has 4 aliphatic rings. The Morgan fingerprint density at radius 2 is 1.18 bits per heavy atom. The molecule has 344 valence electrons. The van der Waals surface area contributed by atoms with Crippen molar-refractivity contribution in [2.24, 2.45) is 5.41 Å². The van der Waals surface area contributed by atoms with E-state index in [1.54, 1.807) is 0 Å². The van der Waals surface area contributed by atoms with E-state index in [4.69, 9.17) is 0 Å². The van der Waals surface area contributed by atoms with Gasteiger partial charge in [-0.15, -0.1) is 11.3 Å². The van der Waals surface area contributed by atoms with Gasteiger partial charge in [0, 0.05) is 33.1 Å². The van der Waals surface area contributed by atoms with Gasteiger partial charge >= 0.3 is 0 Å². The first-order chi connectivity index (χ1) is 31.2. The number of nitrogens with zero attached hydrogens (tertiary/aromatic N) is 2. The zero-order valence-electron chi connectivity index (χ0n) is 43.5. The van der Waals surface area contributed by atoms with E-state index in [2.05, 4.69) is 236 Å². The lowest BCUT2D eigenvalue weighted by atomic mass is 9.33. The van der Waals surface area contributed by atoms with Gasteiger partial charge in [0.15, 0.2) is 0 Å². The van der Waals surface area contributed by atoms with E-state index in [-0.39, 0.29) is 39.2 Å². The molecule has 0 fully saturated rings. The summed E-state index contributed by atoms with van der Waals surface area (Å²) in [5, 5.41) is 2.76. The number of benzene rings is 5. The molecule has 0 bridgehead atoms. The van der Waals surface area contributed by atoms with E-state index in [1.807, 2.05) is 11.3 Å². The second-order valence-corrected chi connectivity index (χ2v) is 26.8. The fourth-order valence-electron chi connectivity index (χ4n) is 11.6. The van der Waals surface area contributed by atoms with Gasteiger partial charge in [-0.05, 0) is 167 Å². The molecule has 0 spiro atoms. The lowest BCUT2D eigenvalue weighted by molar-refractivity contribution is 0.332. The average molecular weight is 901 g/mol. The SMILES string of the molecule is CC(C)(C)C1=CC=C(N2c3cc(-c4ccccc4C(C)(C)C)cc4c3B(c3cc(C(C)(C)C)ccc3N4c3ccc(C(C)(C)C)cc3)c3c2sc2cc4c(cc32)C(C)(C)CCC4(C)C)C=CC1. The molecule has 0 saturated carbocycles. The van der Waals surface area contributed by atoms with Crippen molar-refractivity contribution in [1.82, 2.24) is 0 Å². The largest absolute Gasteiger partial charge is 0.311 e. The summed E-state index contributed by atoms with van der Waals surface area (Å²) >= 11 is 2.01. The molecular formula is C63H73BN2S. The molecule has 0 N–H and O–H groups in total. The van der Waals surface area contributed by atoms with Crippen LogP contribution in [-0.4, -0.2) is 6.71 Å². The summed E-state index contributed by atoms with van der Waals surface area (Å²) in [4.78, 5) is 5.30. The summed E-state index contributed by atoms with van der Waals surface area (Å²) in [6.45, 7) is 38.1. The van der Waals surface area contributed by atoms with Crippen LogP contribution in [0.1, 0.15) is 158 Å². The van der Waals surface area contributed by atoms with Gasteiger partial charge in [0.2, 0.25) is 0 Å². The highest BCUT2D eigenvalue weighted by atomic mass is 32.1. The highest BCUT2D eigenvalue weighted by molar-refractivity contribution is 7.26. The zero-order chi connectivity index (χ0) is 48.0. The van der Waals surface area contributed by atoms with Gasteiger partial charge in [-0.3, -0.25) is 0 Å². The van der Waals surface area contributed by atoms with Gasteiger partial charge < -0.3 is 9.80 Å². The lowest BCUT2D eigenvalue weighted by Crippen LogP contribution is -2.61. The van der Waals surface area contributed by atoms with Crippen LogP contribution < -0.4 is 26.2 Å². The van der Waals surface area contributed by atoms with Crippen molar-refractivity contribution in [2.75, 3.05) is 9.80 Å². The van der Waals surface area contributed by atoms with E-state index in [0.717, 1.165) is 6.42 Å². The third-order valence-corrected chi connectivity index (χ3v) is 17.0. The molecule has 1 aromatic heterocycles. The minimum Gasteiger partial charge on any atom is -0.311 e. The fourth-order valence-corrected chi connectivity index (χ4v) is 12.9. The lowest BCUT2D eigenvalue weighted by Gasteiger charge is -2.44. The molecule has 0 atom stereocenters. The molecule has 0 unspecified atom stereocenters. The summed E-state index contributed by atoms with van der Waals surface area (Å²) in [7, 11) is 0. The Bertz CT molecular complexity index is 3080. The fraction of sp³-hybridized carbons (Fsp3) is 0.397. The van der Waals surface area contributed by atoms with Crippen LogP contribution in [0.15, 0.2) is 127 Å².